The molecule has 0 aromatic rings. The molecule has 1 heterocycles. The molecule has 13 heavy (non-hydrogen) atoms. The zero-order valence-electron chi connectivity index (χ0n) is 6.86. The minimum atomic E-state index is -4.22. The van der Waals surface area contributed by atoms with Crippen LogP contribution in [0.25, 0.3) is 0 Å². The Labute approximate surface area is 80.2 Å². The minimum absolute atomic E-state index is 0. The first-order chi connectivity index (χ1) is 5.52. The van der Waals surface area contributed by atoms with Crippen molar-refractivity contribution in [3.63, 3.8) is 0 Å². The maximum atomic E-state index is 12.0. The molecule has 78 valence electrons. The summed E-state index contributed by atoms with van der Waals surface area (Å²) in [6.45, 7) is 0.112. The number of hydrogen-bond donors (Lipinski definition) is 1. The second-order valence-corrected chi connectivity index (χ2v) is 3.50. The molecule has 0 amide bonds. The van der Waals surface area contributed by atoms with Crippen molar-refractivity contribution in [2.45, 2.75) is 30.7 Å². The summed E-state index contributed by atoms with van der Waals surface area (Å²) in [7, 11) is 0. The van der Waals surface area contributed by atoms with Crippen LogP contribution in [0.3, 0.4) is 0 Å². The van der Waals surface area contributed by atoms with Crippen LogP contribution in [0.5, 0.6) is 0 Å². The van der Waals surface area contributed by atoms with Crippen molar-refractivity contribution in [3.8, 4) is 0 Å². The molecule has 1 aliphatic carbocycles. The lowest BCUT2D eigenvalue weighted by atomic mass is 10.2. The highest BCUT2D eigenvalue weighted by Crippen LogP contribution is 2.39. The molecular weight excluding hydrogens is 207 g/mol. The highest BCUT2D eigenvalue weighted by Gasteiger charge is 2.51. The molecule has 0 radical (unpaired) electrons. The normalized spacial score (nSPS) is 31.2. The van der Waals surface area contributed by atoms with E-state index in [2.05, 4.69) is 5.32 Å². The van der Waals surface area contributed by atoms with Gasteiger partial charge < -0.3 is 10.1 Å². The highest BCUT2D eigenvalue weighted by atomic mass is 35.5. The Bertz CT molecular complexity index is 183. The summed E-state index contributed by atoms with van der Waals surface area (Å²) in [5, 5.41) is 2.88. The predicted molar refractivity (Wildman–Crippen MR) is 43.0 cm³/mol. The molecule has 0 bridgehead atoms. The van der Waals surface area contributed by atoms with Crippen molar-refractivity contribution in [1.82, 2.24) is 5.32 Å². The Morgan fingerprint density at radius 3 is 2.23 bits per heavy atom. The van der Waals surface area contributed by atoms with Gasteiger partial charge in [-0.25, -0.2) is 0 Å². The third kappa shape index (κ3) is 2.27. The maximum Gasteiger partial charge on any atom is 0.415 e. The fraction of sp³-hybridized carbons (Fsp3) is 1.00. The molecule has 1 saturated heterocycles. The quantitative estimate of drug-likeness (QED) is 0.664. The SMILES string of the molecule is Cl.FC(F)(F)C1CNC2(CC2)CO1. The van der Waals surface area contributed by atoms with Crippen molar-refractivity contribution < 1.29 is 17.9 Å². The second-order valence-electron chi connectivity index (χ2n) is 3.50. The van der Waals surface area contributed by atoms with Crippen LogP contribution in [0.1, 0.15) is 12.8 Å². The maximum absolute atomic E-state index is 12.0. The third-order valence-electron chi connectivity index (χ3n) is 2.44. The molecular formula is C7H11ClF3NO. The van der Waals surface area contributed by atoms with Gasteiger partial charge in [0.05, 0.1) is 6.61 Å². The van der Waals surface area contributed by atoms with E-state index in [-0.39, 0.29) is 31.1 Å². The van der Waals surface area contributed by atoms with Gasteiger partial charge >= 0.3 is 6.18 Å². The molecule has 1 spiro atoms. The number of hydrogen-bond acceptors (Lipinski definition) is 2. The summed E-state index contributed by atoms with van der Waals surface area (Å²) < 4.78 is 40.9. The van der Waals surface area contributed by atoms with Crippen molar-refractivity contribution in [2.24, 2.45) is 0 Å². The zero-order chi connectivity index (χ0) is 8.82. The molecule has 6 heteroatoms. The number of morpholine rings is 1. The smallest absolute Gasteiger partial charge is 0.366 e. The van der Waals surface area contributed by atoms with E-state index in [4.69, 9.17) is 4.74 Å². The van der Waals surface area contributed by atoms with Gasteiger partial charge in [0.1, 0.15) is 0 Å². The molecule has 2 nitrogen and oxygen atoms in total. The van der Waals surface area contributed by atoms with E-state index in [9.17, 15) is 13.2 Å². The summed E-state index contributed by atoms with van der Waals surface area (Å²) in [6, 6.07) is 0. The standard InChI is InChI=1S/C7H10F3NO.ClH/c8-7(9,10)5-3-11-6(1-2-6)4-12-5;/h5,11H,1-4H2;1H. The van der Waals surface area contributed by atoms with Crippen LogP contribution in [0, 0.1) is 0 Å². The van der Waals surface area contributed by atoms with E-state index in [0.717, 1.165) is 12.8 Å². The molecule has 1 aliphatic heterocycles. The van der Waals surface area contributed by atoms with Crippen molar-refractivity contribution in [3.05, 3.63) is 0 Å². The molecule has 2 rings (SSSR count). The number of rotatable bonds is 0. The van der Waals surface area contributed by atoms with Crippen LogP contribution >= 0.6 is 12.4 Å². The Kier molecular flexibility index (Phi) is 2.81. The molecule has 2 aliphatic rings. The van der Waals surface area contributed by atoms with Crippen LogP contribution in [-0.4, -0.2) is 31.0 Å². The molecule has 0 aromatic carbocycles. The number of halogens is 4. The highest BCUT2D eigenvalue weighted by molar-refractivity contribution is 5.85. The van der Waals surface area contributed by atoms with Gasteiger partial charge in [0.15, 0.2) is 6.10 Å². The van der Waals surface area contributed by atoms with Crippen LogP contribution in [0.4, 0.5) is 13.2 Å². The molecule has 2 fully saturated rings. The van der Waals surface area contributed by atoms with E-state index in [1.165, 1.54) is 0 Å². The van der Waals surface area contributed by atoms with Crippen molar-refractivity contribution in [2.75, 3.05) is 13.2 Å². The van der Waals surface area contributed by atoms with Gasteiger partial charge in [0.25, 0.3) is 0 Å². The Morgan fingerprint density at radius 2 is 1.92 bits per heavy atom. The lowest BCUT2D eigenvalue weighted by Gasteiger charge is -2.31. The summed E-state index contributed by atoms with van der Waals surface area (Å²) in [6.07, 6.45) is -3.94. The predicted octanol–water partition coefficient (Wildman–Crippen LogP) is 1.49. The Morgan fingerprint density at radius 1 is 1.31 bits per heavy atom. The largest absolute Gasteiger partial charge is 0.415 e. The number of alkyl halides is 3. The van der Waals surface area contributed by atoms with Crippen LogP contribution in [-0.2, 0) is 4.74 Å². The fourth-order valence-corrected chi connectivity index (χ4v) is 1.36. The van der Waals surface area contributed by atoms with Gasteiger partial charge in [-0.1, -0.05) is 0 Å². The first-order valence-corrected chi connectivity index (χ1v) is 3.95. The van der Waals surface area contributed by atoms with Crippen LogP contribution in [0.2, 0.25) is 0 Å². The van der Waals surface area contributed by atoms with Crippen LogP contribution < -0.4 is 5.32 Å². The third-order valence-corrected chi connectivity index (χ3v) is 2.44. The first-order valence-electron chi connectivity index (χ1n) is 3.95. The number of ether oxygens (including phenoxy) is 1. The summed E-state index contributed by atoms with van der Waals surface area (Å²) in [5.74, 6) is 0. The molecule has 1 saturated carbocycles. The van der Waals surface area contributed by atoms with E-state index < -0.39 is 12.3 Å². The lowest BCUT2D eigenvalue weighted by Crippen LogP contribution is -2.53. The molecule has 0 aromatic heterocycles. The average Bonchev–Trinajstić information content (AvgIpc) is 2.68. The molecule has 1 unspecified atom stereocenters. The fourth-order valence-electron chi connectivity index (χ4n) is 1.36. The van der Waals surface area contributed by atoms with E-state index in [1.807, 2.05) is 0 Å². The van der Waals surface area contributed by atoms with Gasteiger partial charge in [0.2, 0.25) is 0 Å². The summed E-state index contributed by atoms with van der Waals surface area (Å²) in [4.78, 5) is 0. The summed E-state index contributed by atoms with van der Waals surface area (Å²) >= 11 is 0. The van der Waals surface area contributed by atoms with E-state index in [0.29, 0.717) is 0 Å². The van der Waals surface area contributed by atoms with Gasteiger partial charge in [-0.3, -0.25) is 0 Å². The van der Waals surface area contributed by atoms with Crippen molar-refractivity contribution >= 4 is 12.4 Å². The lowest BCUT2D eigenvalue weighted by molar-refractivity contribution is -0.230. The molecule has 1 N–H and O–H groups in total. The van der Waals surface area contributed by atoms with E-state index >= 15 is 0 Å². The second kappa shape index (κ2) is 3.29. The Hall–Kier alpha value is -0.0000000000000000416. The average molecular weight is 218 g/mol. The Balaban J connectivity index is 0.000000845. The minimum Gasteiger partial charge on any atom is -0.366 e. The number of nitrogens with one attached hydrogen (secondary N) is 1. The zero-order valence-corrected chi connectivity index (χ0v) is 7.67. The topological polar surface area (TPSA) is 21.3 Å². The van der Waals surface area contributed by atoms with Crippen molar-refractivity contribution in [1.29, 1.82) is 0 Å². The van der Waals surface area contributed by atoms with Gasteiger partial charge in [-0.05, 0) is 12.8 Å². The van der Waals surface area contributed by atoms with E-state index in [1.54, 1.807) is 0 Å². The first kappa shape index (κ1) is 11.1. The van der Waals surface area contributed by atoms with Gasteiger partial charge in [-0.2, -0.15) is 13.2 Å². The van der Waals surface area contributed by atoms with Crippen LogP contribution in [0.15, 0.2) is 0 Å². The summed E-state index contributed by atoms with van der Waals surface area (Å²) in [5.41, 5.74) is -0.0955. The van der Waals surface area contributed by atoms with Gasteiger partial charge in [0, 0.05) is 12.1 Å². The van der Waals surface area contributed by atoms with Gasteiger partial charge in [-0.15, -0.1) is 12.4 Å². The molecule has 1 atom stereocenters. The monoisotopic (exact) mass is 217 g/mol.